The summed E-state index contributed by atoms with van der Waals surface area (Å²) in [6.07, 6.45) is -0.231. The van der Waals surface area contributed by atoms with E-state index in [1.807, 2.05) is 24.3 Å². The molecule has 1 heterocycles. The van der Waals surface area contributed by atoms with Crippen molar-refractivity contribution in [1.82, 2.24) is 0 Å². The predicted molar refractivity (Wildman–Crippen MR) is 90.5 cm³/mol. The van der Waals surface area contributed by atoms with E-state index in [1.165, 1.54) is 25.1 Å². The van der Waals surface area contributed by atoms with Gasteiger partial charge in [0.1, 0.15) is 0 Å². The van der Waals surface area contributed by atoms with Gasteiger partial charge in [-0.3, -0.25) is 14.9 Å². The van der Waals surface area contributed by atoms with Crippen molar-refractivity contribution >= 4 is 23.3 Å². The molecule has 7 heteroatoms. The molecule has 1 aliphatic rings. The zero-order chi connectivity index (χ0) is 18.0. The Kier molecular flexibility index (Phi) is 4.47. The van der Waals surface area contributed by atoms with Crippen LogP contribution in [0.5, 0.6) is 0 Å². The van der Waals surface area contributed by atoms with Crippen LogP contribution >= 0.6 is 0 Å². The van der Waals surface area contributed by atoms with Crippen LogP contribution in [0.25, 0.3) is 0 Å². The first-order valence-electron chi connectivity index (χ1n) is 7.82. The third-order valence-corrected chi connectivity index (χ3v) is 4.08. The highest BCUT2D eigenvalue weighted by Gasteiger charge is 2.30. The summed E-state index contributed by atoms with van der Waals surface area (Å²) < 4.78 is 5.21. The van der Waals surface area contributed by atoms with Gasteiger partial charge in [-0.25, -0.2) is 4.79 Å². The number of hydrogen-bond acceptors (Lipinski definition) is 5. The van der Waals surface area contributed by atoms with Crippen molar-refractivity contribution in [3.63, 3.8) is 0 Å². The van der Waals surface area contributed by atoms with Gasteiger partial charge in [-0.15, -0.1) is 0 Å². The Balaban J connectivity index is 1.71. The van der Waals surface area contributed by atoms with Crippen LogP contribution in [0.4, 0.5) is 11.4 Å². The van der Waals surface area contributed by atoms with Gasteiger partial charge in [-0.1, -0.05) is 24.3 Å². The topological polar surface area (TPSA) is 89.7 Å². The number of nitro benzene ring substituents is 1. The van der Waals surface area contributed by atoms with Gasteiger partial charge in [0.2, 0.25) is 0 Å². The molecule has 0 fully saturated rings. The fraction of sp³-hybridized carbons (Fsp3) is 0.222. The molecule has 128 valence electrons. The lowest BCUT2D eigenvalue weighted by Crippen LogP contribution is -2.39. The predicted octanol–water partition coefficient (Wildman–Crippen LogP) is 2.73. The molecule has 1 aliphatic heterocycles. The number of nitrogens with zero attached hydrogens (tertiary/aromatic N) is 2. The van der Waals surface area contributed by atoms with Crippen molar-refractivity contribution in [3.8, 4) is 0 Å². The van der Waals surface area contributed by atoms with E-state index in [0.717, 1.165) is 23.7 Å². The number of para-hydroxylation sites is 1. The van der Waals surface area contributed by atoms with E-state index >= 15 is 0 Å². The molecular formula is C18H16N2O5. The molecule has 0 bridgehead atoms. The lowest BCUT2D eigenvalue weighted by atomic mass is 10.2. The average Bonchev–Trinajstić information content (AvgIpc) is 3.05. The first-order valence-corrected chi connectivity index (χ1v) is 7.82. The van der Waals surface area contributed by atoms with Crippen molar-refractivity contribution in [2.75, 3.05) is 11.4 Å². The normalized spacial score (nSPS) is 13.9. The van der Waals surface area contributed by atoms with Crippen LogP contribution in [-0.2, 0) is 16.0 Å². The molecule has 3 rings (SSSR count). The van der Waals surface area contributed by atoms with Crippen LogP contribution < -0.4 is 4.90 Å². The van der Waals surface area contributed by atoms with Gasteiger partial charge in [-0.05, 0) is 31.0 Å². The standard InChI is InChI=1S/C18H16N2O5/c1-12(17(21)19-10-9-13-5-2-3-8-16(13)19)25-18(22)14-6-4-7-15(11-14)20(23)24/h2-8,11-12H,9-10H2,1H3/t12-/m1/s1. The van der Waals surface area contributed by atoms with Crippen LogP contribution in [0.2, 0.25) is 0 Å². The first-order chi connectivity index (χ1) is 12.0. The highest BCUT2D eigenvalue weighted by Crippen LogP contribution is 2.28. The first kappa shape index (κ1) is 16.6. The highest BCUT2D eigenvalue weighted by atomic mass is 16.6. The average molecular weight is 340 g/mol. The number of ether oxygens (including phenoxy) is 1. The summed E-state index contributed by atoms with van der Waals surface area (Å²) in [6, 6.07) is 12.8. The lowest BCUT2D eigenvalue weighted by Gasteiger charge is -2.21. The maximum Gasteiger partial charge on any atom is 0.339 e. The van der Waals surface area contributed by atoms with Crippen molar-refractivity contribution in [2.45, 2.75) is 19.4 Å². The largest absolute Gasteiger partial charge is 0.449 e. The van der Waals surface area contributed by atoms with Crippen LogP contribution in [-0.4, -0.2) is 29.4 Å². The molecule has 1 atom stereocenters. The molecule has 0 radical (unpaired) electrons. The number of carbonyl (C=O) groups is 2. The number of carbonyl (C=O) groups excluding carboxylic acids is 2. The second-order valence-electron chi connectivity index (χ2n) is 5.72. The molecule has 7 nitrogen and oxygen atoms in total. The van der Waals surface area contributed by atoms with Crippen molar-refractivity contribution in [2.24, 2.45) is 0 Å². The summed E-state index contributed by atoms with van der Waals surface area (Å²) in [5.74, 6) is -1.08. The van der Waals surface area contributed by atoms with Gasteiger partial charge in [0.15, 0.2) is 6.10 Å². The summed E-state index contributed by atoms with van der Waals surface area (Å²) in [5.41, 5.74) is 1.73. The SMILES string of the molecule is C[C@@H](OC(=O)c1cccc([N+](=O)[O-])c1)C(=O)N1CCc2ccccc21. The van der Waals surface area contributed by atoms with E-state index < -0.39 is 17.0 Å². The second kappa shape index (κ2) is 6.72. The van der Waals surface area contributed by atoms with Crippen molar-refractivity contribution in [1.29, 1.82) is 0 Å². The Morgan fingerprint density at radius 2 is 1.96 bits per heavy atom. The Labute approximate surface area is 144 Å². The third kappa shape index (κ3) is 3.35. The van der Waals surface area contributed by atoms with Gasteiger partial charge < -0.3 is 9.64 Å². The van der Waals surface area contributed by atoms with Gasteiger partial charge in [-0.2, -0.15) is 0 Å². The number of nitro groups is 1. The van der Waals surface area contributed by atoms with Crippen molar-refractivity contribution in [3.05, 3.63) is 69.8 Å². The van der Waals surface area contributed by atoms with E-state index in [4.69, 9.17) is 4.74 Å². The fourth-order valence-corrected chi connectivity index (χ4v) is 2.81. The molecule has 1 amide bonds. The number of esters is 1. The van der Waals surface area contributed by atoms with E-state index in [9.17, 15) is 19.7 Å². The Bertz CT molecular complexity index is 849. The molecule has 0 saturated heterocycles. The summed E-state index contributed by atoms with van der Waals surface area (Å²) in [4.78, 5) is 36.6. The highest BCUT2D eigenvalue weighted by molar-refractivity contribution is 6.00. The molecule has 25 heavy (non-hydrogen) atoms. The molecular weight excluding hydrogens is 324 g/mol. The van der Waals surface area contributed by atoms with Crippen LogP contribution in [0.15, 0.2) is 48.5 Å². The molecule has 0 saturated carbocycles. The Morgan fingerprint density at radius 1 is 1.20 bits per heavy atom. The maximum absolute atomic E-state index is 12.6. The summed E-state index contributed by atoms with van der Waals surface area (Å²) in [5, 5.41) is 10.8. The lowest BCUT2D eigenvalue weighted by molar-refractivity contribution is -0.384. The van der Waals surface area contributed by atoms with Gasteiger partial charge in [0, 0.05) is 24.4 Å². The summed E-state index contributed by atoms with van der Waals surface area (Å²) in [7, 11) is 0. The minimum Gasteiger partial charge on any atom is -0.449 e. The zero-order valence-corrected chi connectivity index (χ0v) is 13.5. The molecule has 2 aromatic rings. The fourth-order valence-electron chi connectivity index (χ4n) is 2.81. The van der Waals surface area contributed by atoms with E-state index in [0.29, 0.717) is 6.54 Å². The van der Waals surface area contributed by atoms with E-state index in [1.54, 1.807) is 4.90 Å². The molecule has 2 aromatic carbocycles. The minimum absolute atomic E-state index is 0.0377. The molecule has 0 N–H and O–H groups in total. The maximum atomic E-state index is 12.6. The number of rotatable bonds is 4. The number of fused-ring (bicyclic) bond motifs is 1. The third-order valence-electron chi connectivity index (χ3n) is 4.08. The Morgan fingerprint density at radius 3 is 2.72 bits per heavy atom. The molecule has 0 aromatic heterocycles. The number of benzene rings is 2. The monoisotopic (exact) mass is 340 g/mol. The number of anilines is 1. The Hall–Kier alpha value is -3.22. The van der Waals surface area contributed by atoms with Gasteiger partial charge >= 0.3 is 5.97 Å². The van der Waals surface area contributed by atoms with Crippen molar-refractivity contribution < 1.29 is 19.2 Å². The van der Waals surface area contributed by atoms with E-state index in [-0.39, 0.29) is 17.2 Å². The summed E-state index contributed by atoms with van der Waals surface area (Å²) >= 11 is 0. The smallest absolute Gasteiger partial charge is 0.339 e. The second-order valence-corrected chi connectivity index (χ2v) is 5.72. The molecule has 0 unspecified atom stereocenters. The van der Waals surface area contributed by atoms with Crippen LogP contribution in [0.1, 0.15) is 22.8 Å². The zero-order valence-electron chi connectivity index (χ0n) is 13.5. The number of amides is 1. The minimum atomic E-state index is -0.988. The summed E-state index contributed by atoms with van der Waals surface area (Å²) in [6.45, 7) is 2.04. The van der Waals surface area contributed by atoms with Gasteiger partial charge in [0.05, 0.1) is 10.5 Å². The number of hydrogen-bond donors (Lipinski definition) is 0. The number of non-ortho nitro benzene ring substituents is 1. The van der Waals surface area contributed by atoms with Crippen LogP contribution in [0, 0.1) is 10.1 Å². The quantitative estimate of drug-likeness (QED) is 0.485. The van der Waals surface area contributed by atoms with Gasteiger partial charge in [0.25, 0.3) is 11.6 Å². The van der Waals surface area contributed by atoms with E-state index in [2.05, 4.69) is 0 Å². The molecule has 0 aliphatic carbocycles. The molecule has 0 spiro atoms. The van der Waals surface area contributed by atoms with Crippen LogP contribution in [0.3, 0.4) is 0 Å².